The first-order chi connectivity index (χ1) is 13.5. The van der Waals surface area contributed by atoms with E-state index in [1.165, 1.54) is 11.3 Å². The van der Waals surface area contributed by atoms with E-state index >= 15 is 0 Å². The van der Waals surface area contributed by atoms with E-state index in [2.05, 4.69) is 10.4 Å². The molecule has 0 unspecified atom stereocenters. The Morgan fingerprint density at radius 3 is 2.61 bits per heavy atom. The van der Waals surface area contributed by atoms with Gasteiger partial charge >= 0.3 is 0 Å². The maximum Gasteiger partial charge on any atom is 0.252 e. The highest BCUT2D eigenvalue weighted by molar-refractivity contribution is 7.08. The second-order valence-corrected chi connectivity index (χ2v) is 7.44. The number of thiophene rings is 1. The minimum Gasteiger partial charge on any atom is -0.351 e. The summed E-state index contributed by atoms with van der Waals surface area (Å²) >= 11 is 1.47. The van der Waals surface area contributed by atoms with Gasteiger partial charge in [-0.2, -0.15) is 16.4 Å². The van der Waals surface area contributed by atoms with Crippen LogP contribution >= 0.6 is 11.3 Å². The Bertz CT molecular complexity index is 948. The number of nitrogens with one attached hydrogen (secondary N) is 1. The van der Waals surface area contributed by atoms with E-state index in [9.17, 15) is 9.59 Å². The van der Waals surface area contributed by atoms with Crippen molar-refractivity contribution in [1.29, 1.82) is 0 Å². The predicted octanol–water partition coefficient (Wildman–Crippen LogP) is 3.33. The Morgan fingerprint density at radius 2 is 1.93 bits per heavy atom. The summed E-state index contributed by atoms with van der Waals surface area (Å²) in [5, 5.41) is 11.1. The van der Waals surface area contributed by atoms with Crippen molar-refractivity contribution in [2.45, 2.75) is 26.8 Å². The lowest BCUT2D eigenvalue weighted by Gasteiger charge is -2.18. The Hall–Kier alpha value is -2.93. The molecule has 0 atom stereocenters. The molecule has 0 bridgehead atoms. The summed E-state index contributed by atoms with van der Waals surface area (Å²) in [5.41, 5.74) is 4.60. The monoisotopic (exact) mass is 396 g/mol. The molecule has 2 heterocycles. The van der Waals surface area contributed by atoms with Crippen molar-refractivity contribution >= 4 is 23.2 Å². The van der Waals surface area contributed by atoms with Crippen LogP contribution in [0.1, 0.15) is 33.7 Å². The van der Waals surface area contributed by atoms with Crippen LogP contribution in [0.3, 0.4) is 0 Å². The SMILES string of the molecule is Cc1nn(-c2ccccc2)c(C)c1CN(C)C(=O)CCNC(=O)c1ccsc1. The minimum absolute atomic E-state index is 0.0168. The summed E-state index contributed by atoms with van der Waals surface area (Å²) in [6.07, 6.45) is 0.261. The lowest BCUT2D eigenvalue weighted by molar-refractivity contribution is -0.130. The van der Waals surface area contributed by atoms with Gasteiger partial charge in [0.2, 0.25) is 5.91 Å². The van der Waals surface area contributed by atoms with Gasteiger partial charge in [0.25, 0.3) is 5.91 Å². The lowest BCUT2D eigenvalue weighted by atomic mass is 10.2. The second-order valence-electron chi connectivity index (χ2n) is 6.66. The van der Waals surface area contributed by atoms with Crippen LogP contribution in [0.15, 0.2) is 47.2 Å². The van der Waals surface area contributed by atoms with E-state index < -0.39 is 0 Å². The smallest absolute Gasteiger partial charge is 0.252 e. The number of aryl methyl sites for hydroxylation is 1. The third-order valence-electron chi connectivity index (χ3n) is 4.67. The summed E-state index contributed by atoms with van der Waals surface area (Å²) in [6.45, 7) is 4.78. The molecule has 28 heavy (non-hydrogen) atoms. The zero-order valence-corrected chi connectivity index (χ0v) is 17.1. The van der Waals surface area contributed by atoms with Crippen molar-refractivity contribution in [3.8, 4) is 5.69 Å². The number of carbonyl (C=O) groups is 2. The Morgan fingerprint density at radius 1 is 1.18 bits per heavy atom. The standard InChI is InChI=1S/C21H24N4O2S/c1-15-19(16(2)25(23-15)18-7-5-4-6-8-18)13-24(3)20(26)9-11-22-21(27)17-10-12-28-14-17/h4-8,10,12,14H,9,11,13H2,1-3H3,(H,22,27). The molecule has 1 N–H and O–H groups in total. The number of rotatable bonds is 7. The number of para-hydroxylation sites is 1. The fraction of sp³-hybridized carbons (Fsp3) is 0.286. The summed E-state index contributed by atoms with van der Waals surface area (Å²) in [7, 11) is 1.78. The van der Waals surface area contributed by atoms with Gasteiger partial charge in [-0.05, 0) is 37.4 Å². The van der Waals surface area contributed by atoms with E-state index in [4.69, 9.17) is 0 Å². The van der Waals surface area contributed by atoms with E-state index in [0.717, 1.165) is 22.6 Å². The average molecular weight is 397 g/mol. The molecule has 146 valence electrons. The predicted molar refractivity (Wildman–Crippen MR) is 111 cm³/mol. The molecule has 0 aliphatic rings. The van der Waals surface area contributed by atoms with Crippen molar-refractivity contribution in [2.75, 3.05) is 13.6 Å². The number of hydrogen-bond acceptors (Lipinski definition) is 4. The zero-order chi connectivity index (χ0) is 20.1. The Balaban J connectivity index is 1.58. The molecule has 0 spiro atoms. The van der Waals surface area contributed by atoms with Gasteiger partial charge in [-0.3, -0.25) is 9.59 Å². The number of nitrogens with zero attached hydrogens (tertiary/aromatic N) is 3. The van der Waals surface area contributed by atoms with Gasteiger partial charge in [-0.25, -0.2) is 4.68 Å². The summed E-state index contributed by atoms with van der Waals surface area (Å²) in [6, 6.07) is 11.7. The van der Waals surface area contributed by atoms with Crippen LogP contribution in [0.25, 0.3) is 5.69 Å². The van der Waals surface area contributed by atoms with Gasteiger partial charge in [0.1, 0.15) is 0 Å². The van der Waals surface area contributed by atoms with E-state index in [0.29, 0.717) is 18.7 Å². The first kappa shape index (κ1) is 19.8. The molecule has 0 saturated carbocycles. The molecule has 2 amide bonds. The Kier molecular flexibility index (Phi) is 6.26. The maximum atomic E-state index is 12.5. The molecule has 0 aliphatic heterocycles. The molecule has 6 nitrogen and oxygen atoms in total. The quantitative estimate of drug-likeness (QED) is 0.666. The Labute approximate surface area is 168 Å². The summed E-state index contributed by atoms with van der Waals surface area (Å²) < 4.78 is 1.91. The number of benzene rings is 1. The number of carbonyl (C=O) groups excluding carboxylic acids is 2. The fourth-order valence-electron chi connectivity index (χ4n) is 3.02. The molecule has 1 aromatic carbocycles. The van der Waals surface area contributed by atoms with Gasteiger partial charge < -0.3 is 10.2 Å². The molecule has 3 aromatic rings. The normalized spacial score (nSPS) is 10.7. The van der Waals surface area contributed by atoms with E-state index in [1.807, 2.05) is 54.2 Å². The number of amides is 2. The maximum absolute atomic E-state index is 12.5. The molecule has 0 saturated heterocycles. The summed E-state index contributed by atoms with van der Waals surface area (Å²) in [5.74, 6) is -0.163. The fourth-order valence-corrected chi connectivity index (χ4v) is 3.66. The van der Waals surface area contributed by atoms with Crippen LogP contribution in [0.5, 0.6) is 0 Å². The highest BCUT2D eigenvalue weighted by Gasteiger charge is 2.17. The van der Waals surface area contributed by atoms with Crippen molar-refractivity contribution in [3.05, 3.63) is 69.7 Å². The highest BCUT2D eigenvalue weighted by atomic mass is 32.1. The van der Waals surface area contributed by atoms with Crippen LogP contribution in [0, 0.1) is 13.8 Å². The van der Waals surface area contributed by atoms with E-state index in [1.54, 1.807) is 23.4 Å². The van der Waals surface area contributed by atoms with Gasteiger partial charge in [0.15, 0.2) is 0 Å². The minimum atomic E-state index is -0.146. The van der Waals surface area contributed by atoms with Crippen molar-refractivity contribution in [3.63, 3.8) is 0 Å². The van der Waals surface area contributed by atoms with Gasteiger partial charge in [0.05, 0.1) is 11.4 Å². The highest BCUT2D eigenvalue weighted by Crippen LogP contribution is 2.19. The van der Waals surface area contributed by atoms with Crippen LogP contribution in [0.4, 0.5) is 0 Å². The van der Waals surface area contributed by atoms with Gasteiger partial charge in [-0.15, -0.1) is 0 Å². The van der Waals surface area contributed by atoms with Crippen LogP contribution in [0.2, 0.25) is 0 Å². The van der Waals surface area contributed by atoms with Crippen LogP contribution < -0.4 is 5.32 Å². The van der Waals surface area contributed by atoms with Crippen LogP contribution in [-0.2, 0) is 11.3 Å². The van der Waals surface area contributed by atoms with Crippen molar-refractivity contribution < 1.29 is 9.59 Å². The van der Waals surface area contributed by atoms with Crippen molar-refractivity contribution in [2.24, 2.45) is 0 Å². The zero-order valence-electron chi connectivity index (χ0n) is 16.3. The molecule has 2 aromatic heterocycles. The first-order valence-corrected chi connectivity index (χ1v) is 10.1. The van der Waals surface area contributed by atoms with Gasteiger partial charge in [0, 0.05) is 48.8 Å². The largest absolute Gasteiger partial charge is 0.351 e. The van der Waals surface area contributed by atoms with Crippen molar-refractivity contribution in [1.82, 2.24) is 20.0 Å². The second kappa shape index (κ2) is 8.84. The molecular formula is C21H24N4O2S. The average Bonchev–Trinajstić information content (AvgIpc) is 3.33. The molecule has 0 fully saturated rings. The number of aromatic nitrogens is 2. The van der Waals surface area contributed by atoms with E-state index in [-0.39, 0.29) is 18.2 Å². The topological polar surface area (TPSA) is 67.2 Å². The molecule has 0 aliphatic carbocycles. The third kappa shape index (κ3) is 4.48. The van der Waals surface area contributed by atoms with Gasteiger partial charge in [-0.1, -0.05) is 18.2 Å². The number of hydrogen-bond donors (Lipinski definition) is 1. The first-order valence-electron chi connectivity index (χ1n) is 9.12. The molecule has 7 heteroatoms. The summed E-state index contributed by atoms with van der Waals surface area (Å²) in [4.78, 5) is 26.1. The molecule has 0 radical (unpaired) electrons. The van der Waals surface area contributed by atoms with Crippen LogP contribution in [-0.4, -0.2) is 40.1 Å². The third-order valence-corrected chi connectivity index (χ3v) is 5.35. The molecule has 3 rings (SSSR count). The lowest BCUT2D eigenvalue weighted by Crippen LogP contribution is -2.32. The molecular weight excluding hydrogens is 372 g/mol.